The normalized spacial score (nSPS) is 14.0. The molecule has 0 aliphatic carbocycles. The highest BCUT2D eigenvalue weighted by molar-refractivity contribution is 6.30. The zero-order chi connectivity index (χ0) is 14.7. The molecule has 2 aromatic carbocycles. The summed E-state index contributed by atoms with van der Waals surface area (Å²) in [7, 11) is 0. The number of nitrogens with one attached hydrogen (secondary N) is 1. The number of rotatable bonds is 4. The second-order valence-electron chi connectivity index (χ2n) is 4.87. The SMILES string of the molecule is CC(NC(C)c1cc(F)ccc1O)c1cccc(Cl)c1. The fraction of sp³-hybridized carbons (Fsp3) is 0.250. The molecule has 2 atom stereocenters. The maximum absolute atomic E-state index is 13.3. The molecule has 0 bridgehead atoms. The van der Waals surface area contributed by atoms with Crippen molar-refractivity contribution in [3.8, 4) is 5.75 Å². The predicted molar refractivity (Wildman–Crippen MR) is 79.5 cm³/mol. The Morgan fingerprint density at radius 3 is 2.55 bits per heavy atom. The van der Waals surface area contributed by atoms with E-state index in [0.717, 1.165) is 5.56 Å². The highest BCUT2D eigenvalue weighted by Gasteiger charge is 2.15. The van der Waals surface area contributed by atoms with Crippen molar-refractivity contribution in [2.24, 2.45) is 0 Å². The Hall–Kier alpha value is -1.58. The fourth-order valence-corrected chi connectivity index (χ4v) is 2.41. The number of phenols is 1. The largest absolute Gasteiger partial charge is 0.508 e. The summed E-state index contributed by atoms with van der Waals surface area (Å²) in [6.07, 6.45) is 0. The molecular formula is C16H17ClFNO. The number of benzene rings is 2. The quantitative estimate of drug-likeness (QED) is 0.863. The van der Waals surface area contributed by atoms with Crippen LogP contribution in [0.4, 0.5) is 4.39 Å². The van der Waals surface area contributed by atoms with E-state index < -0.39 is 0 Å². The van der Waals surface area contributed by atoms with Crippen molar-refractivity contribution in [1.82, 2.24) is 5.32 Å². The molecule has 0 aliphatic heterocycles. The zero-order valence-electron chi connectivity index (χ0n) is 11.4. The van der Waals surface area contributed by atoms with Crippen LogP contribution in [-0.2, 0) is 0 Å². The van der Waals surface area contributed by atoms with Crippen LogP contribution in [0.1, 0.15) is 37.1 Å². The highest BCUT2D eigenvalue weighted by atomic mass is 35.5. The molecular weight excluding hydrogens is 277 g/mol. The highest BCUT2D eigenvalue weighted by Crippen LogP contribution is 2.27. The van der Waals surface area contributed by atoms with Crippen LogP contribution in [0, 0.1) is 5.82 Å². The lowest BCUT2D eigenvalue weighted by molar-refractivity contribution is 0.435. The fourth-order valence-electron chi connectivity index (χ4n) is 2.21. The van der Waals surface area contributed by atoms with Crippen molar-refractivity contribution in [3.63, 3.8) is 0 Å². The van der Waals surface area contributed by atoms with Gasteiger partial charge in [-0.15, -0.1) is 0 Å². The lowest BCUT2D eigenvalue weighted by Crippen LogP contribution is -2.22. The standard InChI is InChI=1S/C16H17ClFNO/c1-10(12-4-3-5-13(17)8-12)19-11(2)15-9-14(18)6-7-16(15)20/h3-11,19-20H,1-2H3. The molecule has 2 aromatic rings. The van der Waals surface area contributed by atoms with Crippen LogP contribution < -0.4 is 5.32 Å². The molecule has 0 spiro atoms. The Bertz CT molecular complexity index is 603. The molecule has 20 heavy (non-hydrogen) atoms. The Labute approximate surface area is 123 Å². The molecule has 2 N–H and O–H groups in total. The van der Waals surface area contributed by atoms with Crippen molar-refractivity contribution >= 4 is 11.6 Å². The molecule has 0 saturated carbocycles. The van der Waals surface area contributed by atoms with Crippen molar-refractivity contribution in [1.29, 1.82) is 0 Å². The number of aromatic hydroxyl groups is 1. The number of halogens is 2. The number of hydrogen-bond acceptors (Lipinski definition) is 2. The summed E-state index contributed by atoms with van der Waals surface area (Å²) < 4.78 is 13.3. The van der Waals surface area contributed by atoms with Gasteiger partial charge in [-0.25, -0.2) is 4.39 Å². The molecule has 0 aromatic heterocycles. The van der Waals surface area contributed by atoms with Crippen molar-refractivity contribution in [2.45, 2.75) is 25.9 Å². The van der Waals surface area contributed by atoms with Gasteiger partial charge in [-0.2, -0.15) is 0 Å². The Morgan fingerprint density at radius 2 is 1.85 bits per heavy atom. The van der Waals surface area contributed by atoms with Crippen LogP contribution in [0.5, 0.6) is 5.75 Å². The van der Waals surface area contributed by atoms with Gasteiger partial charge >= 0.3 is 0 Å². The van der Waals surface area contributed by atoms with Gasteiger partial charge in [0.25, 0.3) is 0 Å². The average Bonchev–Trinajstić information content (AvgIpc) is 2.41. The van der Waals surface area contributed by atoms with E-state index in [1.165, 1.54) is 18.2 Å². The minimum absolute atomic E-state index is 0.0337. The molecule has 106 valence electrons. The summed E-state index contributed by atoms with van der Waals surface area (Å²) in [5.74, 6) is -0.272. The van der Waals surface area contributed by atoms with Crippen molar-refractivity contribution < 1.29 is 9.50 Å². The van der Waals surface area contributed by atoms with E-state index >= 15 is 0 Å². The first-order valence-corrected chi connectivity index (χ1v) is 6.85. The Balaban J connectivity index is 2.15. The molecule has 0 aliphatic rings. The average molecular weight is 294 g/mol. The summed E-state index contributed by atoms with van der Waals surface area (Å²) in [6, 6.07) is 11.4. The summed E-state index contributed by atoms with van der Waals surface area (Å²) in [5, 5.41) is 13.8. The Morgan fingerprint density at radius 1 is 1.10 bits per heavy atom. The second kappa shape index (κ2) is 6.25. The van der Waals surface area contributed by atoms with Gasteiger partial charge in [0.15, 0.2) is 0 Å². The topological polar surface area (TPSA) is 32.3 Å². The second-order valence-corrected chi connectivity index (χ2v) is 5.30. The minimum Gasteiger partial charge on any atom is -0.508 e. The monoisotopic (exact) mass is 293 g/mol. The third-order valence-corrected chi connectivity index (χ3v) is 3.54. The first-order chi connectivity index (χ1) is 9.47. The van der Waals surface area contributed by atoms with E-state index in [9.17, 15) is 9.50 Å². The van der Waals surface area contributed by atoms with Gasteiger partial charge in [-0.3, -0.25) is 0 Å². The first-order valence-electron chi connectivity index (χ1n) is 6.47. The van der Waals surface area contributed by atoms with E-state index in [-0.39, 0.29) is 23.7 Å². The van der Waals surface area contributed by atoms with Crippen LogP contribution in [-0.4, -0.2) is 5.11 Å². The minimum atomic E-state index is -0.359. The number of phenolic OH excluding ortho intramolecular Hbond substituents is 1. The van der Waals surface area contributed by atoms with Crippen molar-refractivity contribution in [3.05, 3.63) is 64.4 Å². The van der Waals surface area contributed by atoms with Gasteiger partial charge in [0.05, 0.1) is 0 Å². The summed E-state index contributed by atoms with van der Waals surface area (Å²) in [6.45, 7) is 3.88. The maximum atomic E-state index is 13.3. The molecule has 0 heterocycles. The molecule has 0 saturated heterocycles. The first kappa shape index (κ1) is 14.8. The molecule has 0 radical (unpaired) electrons. The summed E-state index contributed by atoms with van der Waals surface area (Å²) in [5.41, 5.74) is 1.58. The molecule has 0 amide bonds. The maximum Gasteiger partial charge on any atom is 0.123 e. The van der Waals surface area contributed by atoms with Crippen LogP contribution in [0.15, 0.2) is 42.5 Å². The van der Waals surface area contributed by atoms with E-state index in [2.05, 4.69) is 5.32 Å². The molecule has 2 rings (SSSR count). The molecule has 2 unspecified atom stereocenters. The lowest BCUT2D eigenvalue weighted by atomic mass is 10.0. The van der Waals surface area contributed by atoms with Gasteiger partial charge in [-0.05, 0) is 49.7 Å². The van der Waals surface area contributed by atoms with Crippen LogP contribution in [0.2, 0.25) is 5.02 Å². The van der Waals surface area contributed by atoms with E-state index in [1.54, 1.807) is 0 Å². The van der Waals surface area contributed by atoms with Gasteiger partial charge in [0, 0.05) is 22.7 Å². The molecule has 0 fully saturated rings. The third-order valence-electron chi connectivity index (χ3n) is 3.30. The van der Waals surface area contributed by atoms with Crippen LogP contribution in [0.3, 0.4) is 0 Å². The van der Waals surface area contributed by atoms with Gasteiger partial charge < -0.3 is 10.4 Å². The predicted octanol–water partition coefficient (Wildman–Crippen LogP) is 4.60. The van der Waals surface area contributed by atoms with E-state index in [4.69, 9.17) is 11.6 Å². The zero-order valence-corrected chi connectivity index (χ0v) is 12.2. The van der Waals surface area contributed by atoms with Gasteiger partial charge in [-0.1, -0.05) is 23.7 Å². The molecule has 2 nitrogen and oxygen atoms in total. The van der Waals surface area contributed by atoms with Gasteiger partial charge in [0.2, 0.25) is 0 Å². The summed E-state index contributed by atoms with van der Waals surface area (Å²) >= 11 is 5.97. The van der Waals surface area contributed by atoms with E-state index in [0.29, 0.717) is 10.6 Å². The molecule has 4 heteroatoms. The number of hydrogen-bond donors (Lipinski definition) is 2. The van der Waals surface area contributed by atoms with E-state index in [1.807, 2.05) is 38.1 Å². The lowest BCUT2D eigenvalue weighted by Gasteiger charge is -2.21. The smallest absolute Gasteiger partial charge is 0.123 e. The van der Waals surface area contributed by atoms with Crippen molar-refractivity contribution in [2.75, 3.05) is 0 Å². The third kappa shape index (κ3) is 3.50. The Kier molecular flexibility index (Phi) is 4.63. The van der Waals surface area contributed by atoms with Crippen LogP contribution in [0.25, 0.3) is 0 Å². The van der Waals surface area contributed by atoms with Crippen LogP contribution >= 0.6 is 11.6 Å². The van der Waals surface area contributed by atoms with Gasteiger partial charge in [0.1, 0.15) is 11.6 Å². The summed E-state index contributed by atoms with van der Waals surface area (Å²) in [4.78, 5) is 0.